The van der Waals surface area contributed by atoms with Crippen LogP contribution in [-0.2, 0) is 9.53 Å². The van der Waals surface area contributed by atoms with Crippen LogP contribution in [0.1, 0.15) is 46.5 Å². The van der Waals surface area contributed by atoms with E-state index in [9.17, 15) is 4.79 Å². The van der Waals surface area contributed by atoms with E-state index in [-0.39, 0.29) is 29.8 Å². The molecule has 19 heavy (non-hydrogen) atoms. The van der Waals surface area contributed by atoms with Crippen molar-refractivity contribution in [2.24, 2.45) is 17.1 Å². The van der Waals surface area contributed by atoms with Crippen molar-refractivity contribution in [2.45, 2.75) is 52.6 Å². The third kappa shape index (κ3) is 6.59. The zero-order valence-corrected chi connectivity index (χ0v) is 13.2. The van der Waals surface area contributed by atoms with E-state index in [2.05, 4.69) is 26.1 Å². The third-order valence-electron chi connectivity index (χ3n) is 3.47. The van der Waals surface area contributed by atoms with Crippen molar-refractivity contribution in [1.29, 1.82) is 0 Å². The van der Waals surface area contributed by atoms with Crippen LogP contribution >= 0.6 is 12.4 Å². The number of rotatable bonds is 5. The van der Waals surface area contributed by atoms with E-state index >= 15 is 0 Å². The van der Waals surface area contributed by atoms with Crippen LogP contribution in [0.25, 0.3) is 0 Å². The largest absolute Gasteiger partial charge is 0.377 e. The SMILES string of the molecule is CC(C)(C)C1OCCCC1CNC(=O)CCCN.Cl. The molecule has 0 saturated carbocycles. The Morgan fingerprint density at radius 3 is 2.68 bits per heavy atom. The molecule has 4 nitrogen and oxygen atoms in total. The van der Waals surface area contributed by atoms with Crippen molar-refractivity contribution >= 4 is 18.3 Å². The van der Waals surface area contributed by atoms with Gasteiger partial charge in [0.25, 0.3) is 0 Å². The number of ether oxygens (including phenoxy) is 1. The Morgan fingerprint density at radius 2 is 2.11 bits per heavy atom. The molecule has 2 unspecified atom stereocenters. The van der Waals surface area contributed by atoms with Crippen molar-refractivity contribution in [2.75, 3.05) is 19.7 Å². The molecule has 1 aliphatic heterocycles. The van der Waals surface area contributed by atoms with E-state index in [0.717, 1.165) is 32.4 Å². The second kappa shape index (κ2) is 8.77. The molecular weight excluding hydrogens is 264 g/mol. The van der Waals surface area contributed by atoms with Crippen LogP contribution in [0, 0.1) is 11.3 Å². The fourth-order valence-electron chi connectivity index (χ4n) is 2.61. The smallest absolute Gasteiger partial charge is 0.220 e. The Bertz CT molecular complexity index is 267. The van der Waals surface area contributed by atoms with Crippen molar-refractivity contribution in [3.63, 3.8) is 0 Å². The zero-order chi connectivity index (χ0) is 13.6. The summed E-state index contributed by atoms with van der Waals surface area (Å²) >= 11 is 0. The quantitative estimate of drug-likeness (QED) is 0.816. The summed E-state index contributed by atoms with van der Waals surface area (Å²) in [6.07, 6.45) is 3.76. The average Bonchev–Trinajstić information content (AvgIpc) is 2.33. The van der Waals surface area contributed by atoms with E-state index in [1.165, 1.54) is 0 Å². The molecule has 0 spiro atoms. The number of hydrogen-bond donors (Lipinski definition) is 2. The number of nitrogens with two attached hydrogens (primary N) is 1. The van der Waals surface area contributed by atoms with E-state index in [1.807, 2.05) is 0 Å². The first-order valence-corrected chi connectivity index (χ1v) is 7.03. The summed E-state index contributed by atoms with van der Waals surface area (Å²) in [7, 11) is 0. The topological polar surface area (TPSA) is 64.3 Å². The Balaban J connectivity index is 0.00000324. The fourth-order valence-corrected chi connectivity index (χ4v) is 2.61. The molecule has 0 aromatic heterocycles. The molecule has 5 heteroatoms. The van der Waals surface area contributed by atoms with Crippen LogP contribution in [0.3, 0.4) is 0 Å². The highest BCUT2D eigenvalue weighted by molar-refractivity contribution is 5.85. The molecule has 1 aliphatic rings. The van der Waals surface area contributed by atoms with Gasteiger partial charge < -0.3 is 15.8 Å². The second-order valence-corrected chi connectivity index (χ2v) is 6.26. The summed E-state index contributed by atoms with van der Waals surface area (Å²) in [5, 5.41) is 3.01. The Hall–Kier alpha value is -0.320. The predicted molar refractivity (Wildman–Crippen MR) is 80.5 cm³/mol. The van der Waals surface area contributed by atoms with Crippen molar-refractivity contribution in [3.05, 3.63) is 0 Å². The van der Waals surface area contributed by atoms with Gasteiger partial charge in [-0.3, -0.25) is 4.79 Å². The molecule has 3 N–H and O–H groups in total. The number of halogens is 1. The molecule has 0 radical (unpaired) electrons. The number of hydrogen-bond acceptors (Lipinski definition) is 3. The summed E-state index contributed by atoms with van der Waals surface area (Å²) in [4.78, 5) is 11.6. The minimum absolute atomic E-state index is 0. The van der Waals surface area contributed by atoms with Crippen LogP contribution in [-0.4, -0.2) is 31.7 Å². The lowest BCUT2D eigenvalue weighted by Crippen LogP contribution is -2.45. The first-order chi connectivity index (χ1) is 8.45. The molecule has 0 aromatic carbocycles. The number of carbonyl (C=O) groups excluding carboxylic acids is 1. The van der Waals surface area contributed by atoms with Crippen LogP contribution in [0.5, 0.6) is 0 Å². The molecule has 0 aromatic rings. The van der Waals surface area contributed by atoms with Crippen LogP contribution in [0.15, 0.2) is 0 Å². The summed E-state index contributed by atoms with van der Waals surface area (Å²) in [5.74, 6) is 0.541. The Morgan fingerprint density at radius 1 is 1.42 bits per heavy atom. The van der Waals surface area contributed by atoms with Crippen molar-refractivity contribution < 1.29 is 9.53 Å². The average molecular weight is 293 g/mol. The molecular formula is C14H29ClN2O2. The van der Waals surface area contributed by atoms with Gasteiger partial charge in [-0.15, -0.1) is 12.4 Å². The van der Waals surface area contributed by atoms with Gasteiger partial charge in [-0.05, 0) is 31.2 Å². The molecule has 0 aliphatic carbocycles. The highest BCUT2D eigenvalue weighted by atomic mass is 35.5. The van der Waals surface area contributed by atoms with Gasteiger partial charge in [0.15, 0.2) is 0 Å². The van der Waals surface area contributed by atoms with Crippen LogP contribution in [0.2, 0.25) is 0 Å². The lowest BCUT2D eigenvalue weighted by molar-refractivity contribution is -0.123. The maximum atomic E-state index is 11.6. The molecule has 1 saturated heterocycles. The first kappa shape index (κ1) is 18.7. The third-order valence-corrected chi connectivity index (χ3v) is 3.47. The van der Waals surface area contributed by atoms with Gasteiger partial charge in [-0.2, -0.15) is 0 Å². The van der Waals surface area contributed by atoms with Gasteiger partial charge in [0.1, 0.15) is 0 Å². The summed E-state index contributed by atoms with van der Waals surface area (Å²) < 4.78 is 5.90. The maximum absolute atomic E-state index is 11.6. The van der Waals surface area contributed by atoms with Gasteiger partial charge in [0.05, 0.1) is 6.10 Å². The van der Waals surface area contributed by atoms with Crippen molar-refractivity contribution in [3.8, 4) is 0 Å². The first-order valence-electron chi connectivity index (χ1n) is 7.03. The maximum Gasteiger partial charge on any atom is 0.220 e. The van der Waals surface area contributed by atoms with Crippen molar-refractivity contribution in [1.82, 2.24) is 5.32 Å². The molecule has 2 atom stereocenters. The summed E-state index contributed by atoms with van der Waals surface area (Å²) in [6.45, 7) is 8.75. The minimum Gasteiger partial charge on any atom is -0.377 e. The molecule has 1 amide bonds. The van der Waals surface area contributed by atoms with E-state index in [0.29, 0.717) is 18.9 Å². The van der Waals surface area contributed by atoms with Gasteiger partial charge in [-0.1, -0.05) is 20.8 Å². The summed E-state index contributed by atoms with van der Waals surface area (Å²) in [5.41, 5.74) is 5.53. The van der Waals surface area contributed by atoms with Gasteiger partial charge in [0, 0.05) is 25.5 Å². The molecule has 114 valence electrons. The predicted octanol–water partition coefficient (Wildman–Crippen LogP) is 2.10. The van der Waals surface area contributed by atoms with E-state index in [4.69, 9.17) is 10.5 Å². The molecule has 0 bridgehead atoms. The second-order valence-electron chi connectivity index (χ2n) is 6.26. The monoisotopic (exact) mass is 292 g/mol. The van der Waals surface area contributed by atoms with Crippen LogP contribution < -0.4 is 11.1 Å². The molecule has 1 heterocycles. The fraction of sp³-hybridized carbons (Fsp3) is 0.929. The highest BCUT2D eigenvalue weighted by Gasteiger charge is 2.35. The molecule has 1 rings (SSSR count). The normalized spacial score (nSPS) is 23.6. The lowest BCUT2D eigenvalue weighted by atomic mass is 9.78. The minimum atomic E-state index is 0. The van der Waals surface area contributed by atoms with E-state index < -0.39 is 0 Å². The van der Waals surface area contributed by atoms with Gasteiger partial charge in [0.2, 0.25) is 5.91 Å². The van der Waals surface area contributed by atoms with Gasteiger partial charge >= 0.3 is 0 Å². The number of carbonyl (C=O) groups is 1. The molecule has 1 fully saturated rings. The summed E-state index contributed by atoms with van der Waals surface area (Å²) in [6, 6.07) is 0. The number of nitrogens with one attached hydrogen (secondary N) is 1. The van der Waals surface area contributed by atoms with Crippen LogP contribution in [0.4, 0.5) is 0 Å². The Kier molecular flexibility index (Phi) is 8.62. The highest BCUT2D eigenvalue weighted by Crippen LogP contribution is 2.33. The van der Waals surface area contributed by atoms with Gasteiger partial charge in [-0.25, -0.2) is 0 Å². The Labute approximate surface area is 123 Å². The van der Waals surface area contributed by atoms with E-state index in [1.54, 1.807) is 0 Å². The lowest BCUT2D eigenvalue weighted by Gasteiger charge is -2.40. The standard InChI is InChI=1S/C14H28N2O2.ClH/c1-14(2,3)13-11(6-5-9-18-13)10-16-12(17)7-4-8-15;/h11,13H,4-10,15H2,1-3H3,(H,16,17);1H. The zero-order valence-electron chi connectivity index (χ0n) is 12.4. The number of amides is 1.